The van der Waals surface area contributed by atoms with Crippen molar-refractivity contribution in [1.82, 2.24) is 4.90 Å². The van der Waals surface area contributed by atoms with Crippen LogP contribution in [0.5, 0.6) is 5.75 Å². The Morgan fingerprint density at radius 1 is 1.21 bits per heavy atom. The van der Waals surface area contributed by atoms with Crippen LogP contribution in [-0.4, -0.2) is 73.5 Å². The number of fused-ring (bicyclic) bond motifs is 3. The van der Waals surface area contributed by atoms with Gasteiger partial charge in [-0.15, -0.1) is 0 Å². The second-order valence-electron chi connectivity index (χ2n) is 9.11. The molecule has 1 fully saturated rings. The molecule has 0 radical (unpaired) electrons. The number of hydrogen-bond donors (Lipinski definition) is 6. The molecule has 180 valence electrons. The van der Waals surface area contributed by atoms with E-state index in [1.807, 2.05) is 0 Å². The second-order valence-corrected chi connectivity index (χ2v) is 9.72. The van der Waals surface area contributed by atoms with Crippen molar-refractivity contribution in [3.8, 4) is 5.75 Å². The zero-order chi connectivity index (χ0) is 25.3. The van der Waals surface area contributed by atoms with Gasteiger partial charge in [0.2, 0.25) is 5.78 Å². The van der Waals surface area contributed by atoms with Gasteiger partial charge in [0.05, 0.1) is 10.6 Å². The molecular formula is C23H25N3O7S. The number of hydrogen-bond acceptors (Lipinski definition) is 9. The van der Waals surface area contributed by atoms with Crippen LogP contribution in [0.25, 0.3) is 5.76 Å². The highest BCUT2D eigenvalue weighted by molar-refractivity contribution is 7.80. The summed E-state index contributed by atoms with van der Waals surface area (Å²) in [6, 6.07) is 2.23. The van der Waals surface area contributed by atoms with E-state index in [4.69, 9.17) is 18.0 Å². The summed E-state index contributed by atoms with van der Waals surface area (Å²) in [6.45, 7) is 1.67. The Morgan fingerprint density at radius 2 is 1.85 bits per heavy atom. The quantitative estimate of drug-likeness (QED) is 0.203. The van der Waals surface area contributed by atoms with E-state index in [9.17, 15) is 34.8 Å². The number of nitrogens with zero attached hydrogens (tertiary/aromatic N) is 1. The lowest BCUT2D eigenvalue weighted by Gasteiger charge is -2.52. The van der Waals surface area contributed by atoms with Gasteiger partial charge in [-0.3, -0.25) is 14.4 Å². The molecule has 4 atom stereocenters. The first-order valence-corrected chi connectivity index (χ1v) is 11.0. The number of ketones is 2. The van der Waals surface area contributed by atoms with E-state index >= 15 is 0 Å². The van der Waals surface area contributed by atoms with E-state index in [2.05, 4.69) is 5.32 Å². The molecule has 2 unspecified atom stereocenters. The lowest BCUT2D eigenvalue weighted by Crippen LogP contribution is -2.66. The molecule has 0 aliphatic heterocycles. The fourth-order valence-electron chi connectivity index (χ4n) is 5.67. The fraction of sp³-hybridized carbons (Fsp3) is 0.391. The molecule has 1 aromatic carbocycles. The van der Waals surface area contributed by atoms with E-state index in [1.54, 1.807) is 32.0 Å². The molecule has 0 spiro atoms. The van der Waals surface area contributed by atoms with Gasteiger partial charge in [0.25, 0.3) is 5.91 Å². The van der Waals surface area contributed by atoms with Crippen molar-refractivity contribution in [3.63, 3.8) is 0 Å². The van der Waals surface area contributed by atoms with E-state index in [0.717, 1.165) is 0 Å². The lowest BCUT2D eigenvalue weighted by atomic mass is 9.56. The van der Waals surface area contributed by atoms with E-state index in [0.29, 0.717) is 16.2 Å². The van der Waals surface area contributed by atoms with Crippen LogP contribution in [0.2, 0.25) is 0 Å². The van der Waals surface area contributed by atoms with E-state index in [-0.39, 0.29) is 23.3 Å². The van der Waals surface area contributed by atoms with Crippen molar-refractivity contribution >= 4 is 46.1 Å². The number of nitrogens with one attached hydrogen (secondary N) is 1. The minimum Gasteiger partial charge on any atom is -0.508 e. The number of aromatic hydroxyl groups is 1. The Morgan fingerprint density at radius 3 is 2.41 bits per heavy atom. The molecule has 10 nitrogen and oxygen atoms in total. The van der Waals surface area contributed by atoms with E-state index in [1.165, 1.54) is 6.07 Å². The number of rotatable bonds is 3. The summed E-state index contributed by atoms with van der Waals surface area (Å²) < 4.78 is 0. The molecule has 4 rings (SSSR count). The Hall–Kier alpha value is -3.28. The van der Waals surface area contributed by atoms with Crippen LogP contribution in [0.4, 0.5) is 5.69 Å². The molecule has 3 aliphatic carbocycles. The number of nitrogens with two attached hydrogens (primary N) is 1. The highest BCUT2D eigenvalue weighted by atomic mass is 32.1. The summed E-state index contributed by atoms with van der Waals surface area (Å²) in [5.74, 6) is -6.85. The Kier molecular flexibility index (Phi) is 5.54. The van der Waals surface area contributed by atoms with Gasteiger partial charge in [-0.1, -0.05) is 12.2 Å². The van der Waals surface area contributed by atoms with Gasteiger partial charge in [0.15, 0.2) is 11.4 Å². The standard InChI is InChI=1S/C23H25N3O7S/c1-8(34)25-12-4-5-13(27)15-9(12)6-10-16(19(15)29)20(30)23(33)11(18(10)26(2)3)7-14(28)17(21(23)31)22(24)32/h4-5,10-11,18,27,29,31,33H,6-7H2,1-3H3,(H2,24,32)(H,25,34)/t10?,11?,18-,23-/m0/s1. The fourth-order valence-corrected chi connectivity index (χ4v) is 5.78. The van der Waals surface area contributed by atoms with E-state index < -0.39 is 64.5 Å². The molecule has 0 aromatic heterocycles. The van der Waals surface area contributed by atoms with Gasteiger partial charge >= 0.3 is 0 Å². The van der Waals surface area contributed by atoms with Gasteiger partial charge in [0, 0.05) is 35.6 Å². The molecule has 1 saturated carbocycles. The lowest BCUT2D eigenvalue weighted by molar-refractivity contribution is -0.153. The number of primary amides is 1. The molecular weight excluding hydrogens is 462 g/mol. The highest BCUT2D eigenvalue weighted by Crippen LogP contribution is 2.53. The molecule has 7 N–H and O–H groups in total. The predicted octanol–water partition coefficient (Wildman–Crippen LogP) is 0.723. The van der Waals surface area contributed by atoms with Crippen LogP contribution >= 0.6 is 12.2 Å². The molecule has 0 saturated heterocycles. The third-order valence-electron chi connectivity index (χ3n) is 6.96. The third-order valence-corrected chi connectivity index (χ3v) is 7.07. The van der Waals surface area contributed by atoms with Crippen molar-refractivity contribution in [2.45, 2.75) is 31.4 Å². The summed E-state index contributed by atoms with van der Waals surface area (Å²) in [6.07, 6.45) is -0.244. The van der Waals surface area contributed by atoms with Gasteiger partial charge in [-0.05, 0) is 45.1 Å². The first-order valence-electron chi connectivity index (χ1n) is 10.6. The van der Waals surface area contributed by atoms with Crippen LogP contribution in [0, 0.1) is 11.8 Å². The van der Waals surface area contributed by atoms with Crippen molar-refractivity contribution < 1.29 is 34.8 Å². The minimum absolute atomic E-state index is 0.00545. The summed E-state index contributed by atoms with van der Waals surface area (Å²) >= 11 is 5.14. The van der Waals surface area contributed by atoms with Crippen molar-refractivity contribution in [2.24, 2.45) is 17.6 Å². The summed E-state index contributed by atoms with van der Waals surface area (Å²) in [7, 11) is 3.37. The maximum absolute atomic E-state index is 13.7. The molecule has 1 aromatic rings. The zero-order valence-corrected chi connectivity index (χ0v) is 19.6. The number of Topliss-reactive ketones (excluding diaryl/α,β-unsaturated/α-hetero) is 2. The number of aliphatic hydroxyl groups is 3. The van der Waals surface area contributed by atoms with Crippen LogP contribution < -0.4 is 11.1 Å². The number of amides is 1. The minimum atomic E-state index is -2.65. The molecule has 34 heavy (non-hydrogen) atoms. The number of carbonyl (C=O) groups excluding carboxylic acids is 3. The average Bonchev–Trinajstić information content (AvgIpc) is 2.72. The highest BCUT2D eigenvalue weighted by Gasteiger charge is 2.64. The summed E-state index contributed by atoms with van der Waals surface area (Å²) in [5, 5.41) is 47.1. The van der Waals surface area contributed by atoms with Crippen LogP contribution in [-0.2, 0) is 20.8 Å². The SMILES string of the molecule is CC(=S)Nc1ccc(O)c2c1CC1C(=C2O)C(=O)[C@]2(O)C(O)=C(C(N)=O)C(=O)CC2[C@H]1N(C)C. The van der Waals surface area contributed by atoms with Crippen molar-refractivity contribution in [3.05, 3.63) is 40.2 Å². The zero-order valence-electron chi connectivity index (χ0n) is 18.7. The topological polar surface area (TPSA) is 173 Å². The van der Waals surface area contributed by atoms with Crippen molar-refractivity contribution in [1.29, 1.82) is 0 Å². The smallest absolute Gasteiger partial charge is 0.255 e. The number of benzene rings is 1. The van der Waals surface area contributed by atoms with Crippen LogP contribution in [0.1, 0.15) is 24.5 Å². The number of phenolic OH excluding ortho intramolecular Hbond substituents is 1. The summed E-state index contributed by atoms with van der Waals surface area (Å²) in [5.41, 5.74) is 2.61. The largest absolute Gasteiger partial charge is 0.508 e. The first kappa shape index (κ1) is 23.9. The number of phenols is 1. The second kappa shape index (κ2) is 7.90. The molecule has 0 bridgehead atoms. The Bertz CT molecular complexity index is 1240. The average molecular weight is 488 g/mol. The van der Waals surface area contributed by atoms with Gasteiger partial charge in [0.1, 0.15) is 22.8 Å². The molecule has 11 heteroatoms. The normalized spacial score (nSPS) is 28.4. The maximum atomic E-state index is 13.7. The number of thiocarbonyl (C=S) groups is 1. The number of carbonyl (C=O) groups is 3. The monoisotopic (exact) mass is 487 g/mol. The Balaban J connectivity index is 2.02. The maximum Gasteiger partial charge on any atom is 0.255 e. The van der Waals surface area contributed by atoms with Crippen molar-refractivity contribution in [2.75, 3.05) is 19.4 Å². The summed E-state index contributed by atoms with van der Waals surface area (Å²) in [4.78, 5) is 40.4. The molecule has 0 heterocycles. The van der Waals surface area contributed by atoms with Crippen LogP contribution in [0.3, 0.4) is 0 Å². The number of aliphatic hydroxyl groups excluding tert-OH is 2. The molecule has 3 aliphatic rings. The van der Waals surface area contributed by atoms with Gasteiger partial charge in [-0.2, -0.15) is 0 Å². The third kappa shape index (κ3) is 3.15. The molecule has 1 amide bonds. The Labute approximate surface area is 200 Å². The van der Waals surface area contributed by atoms with Crippen LogP contribution in [0.15, 0.2) is 29.0 Å². The number of anilines is 1. The predicted molar refractivity (Wildman–Crippen MR) is 126 cm³/mol. The first-order chi connectivity index (χ1) is 15.8. The van der Waals surface area contributed by atoms with Gasteiger partial charge < -0.3 is 36.4 Å². The van der Waals surface area contributed by atoms with Gasteiger partial charge in [-0.25, -0.2) is 0 Å².